The first-order chi connectivity index (χ1) is 19.2. The van der Waals surface area contributed by atoms with Crippen LogP contribution in [0.15, 0.2) is 40.2 Å². The van der Waals surface area contributed by atoms with Gasteiger partial charge in [0.25, 0.3) is 5.56 Å². The van der Waals surface area contributed by atoms with E-state index in [0.717, 1.165) is 4.57 Å². The monoisotopic (exact) mass is 574 g/mol. The lowest BCUT2D eigenvalue weighted by Gasteiger charge is -2.17. The zero-order valence-electron chi connectivity index (χ0n) is 22.7. The number of likely N-dealkylation sites (N-methyl/N-ethyl adjacent to an activating group) is 1. The number of aldehydes is 1. The van der Waals surface area contributed by atoms with E-state index in [9.17, 15) is 23.6 Å². The maximum atomic E-state index is 13.9. The van der Waals surface area contributed by atoms with Gasteiger partial charge in [-0.3, -0.25) is 18.7 Å². The molecule has 12 nitrogen and oxygen atoms in total. The molecule has 1 N–H and O–H groups in total. The summed E-state index contributed by atoms with van der Waals surface area (Å²) in [5.74, 6) is -0.283. The summed E-state index contributed by atoms with van der Waals surface area (Å²) in [6.07, 6.45) is 4.25. The number of benzene rings is 1. The van der Waals surface area contributed by atoms with Gasteiger partial charge in [-0.05, 0) is 44.0 Å². The maximum Gasteiger partial charge on any atom is 0.332 e. The minimum absolute atomic E-state index is 0.0243. The molecule has 0 bridgehead atoms. The van der Waals surface area contributed by atoms with Gasteiger partial charge in [0.1, 0.15) is 34.2 Å². The largest absolute Gasteiger partial charge is 0.496 e. The van der Waals surface area contributed by atoms with E-state index in [0.29, 0.717) is 44.9 Å². The Morgan fingerprint density at radius 2 is 1.93 bits per heavy atom. The Hall–Kier alpha value is -4.17. The second-order valence-electron chi connectivity index (χ2n) is 8.65. The Morgan fingerprint density at radius 1 is 1.23 bits per heavy atom. The summed E-state index contributed by atoms with van der Waals surface area (Å²) in [4.78, 5) is 52.1. The summed E-state index contributed by atoms with van der Waals surface area (Å²) in [6.45, 7) is 3.74. The van der Waals surface area contributed by atoms with Gasteiger partial charge < -0.3 is 19.5 Å². The number of hydrogen-bond donors (Lipinski definition) is 1. The van der Waals surface area contributed by atoms with Crippen LogP contribution < -0.4 is 16.0 Å². The summed E-state index contributed by atoms with van der Waals surface area (Å²) < 4.78 is 21.6. The molecule has 3 aromatic heterocycles. The quantitative estimate of drug-likeness (QED) is 0.281. The third-order valence-electron chi connectivity index (χ3n) is 6.16. The van der Waals surface area contributed by atoms with E-state index >= 15 is 0 Å². The molecule has 3 heterocycles. The standard InChI is InChI=1S/C23H25FN6O4S.C3H6O2/c1-5-27(3)18(31)13-29-20(32)19-14(2)21(30-25-9-10-26-30)35-22(19)28(23(29)33)11-8-15-12-16(24)6-7-17(15)34-4;4-2-1-3-5/h6-7,9-10,12H,5,8,11,13H2,1-4H3;2,5H,1,3H2. The SMILES string of the molecule is CCN(C)C(=O)Cn1c(=O)c2c(C)c(-n3nccn3)sc2n(CCc2cc(F)ccc2OC)c1=O.O=CCCO. The Labute approximate surface area is 232 Å². The van der Waals surface area contributed by atoms with Gasteiger partial charge >= 0.3 is 5.69 Å². The fourth-order valence-corrected chi connectivity index (χ4v) is 5.13. The highest BCUT2D eigenvalue weighted by Gasteiger charge is 2.23. The first-order valence-electron chi connectivity index (χ1n) is 12.4. The molecule has 0 spiro atoms. The fraction of sp³-hybridized carbons (Fsp3) is 0.385. The molecule has 40 heavy (non-hydrogen) atoms. The average molecular weight is 575 g/mol. The minimum Gasteiger partial charge on any atom is -0.496 e. The molecule has 0 saturated heterocycles. The van der Waals surface area contributed by atoms with Gasteiger partial charge in [0, 0.05) is 38.7 Å². The minimum atomic E-state index is -0.614. The number of amides is 1. The van der Waals surface area contributed by atoms with Crippen LogP contribution in [0.5, 0.6) is 5.75 Å². The molecule has 14 heteroatoms. The number of aliphatic hydroxyl groups excluding tert-OH is 1. The summed E-state index contributed by atoms with van der Waals surface area (Å²) >= 11 is 1.21. The molecule has 1 aromatic carbocycles. The highest BCUT2D eigenvalue weighted by atomic mass is 32.1. The number of carbonyl (C=O) groups excluding carboxylic acids is 2. The van der Waals surface area contributed by atoms with E-state index in [2.05, 4.69) is 10.2 Å². The number of halogens is 1. The van der Waals surface area contributed by atoms with Crippen LogP contribution in [-0.2, 0) is 29.1 Å². The Morgan fingerprint density at radius 3 is 2.50 bits per heavy atom. The highest BCUT2D eigenvalue weighted by Crippen LogP contribution is 2.30. The van der Waals surface area contributed by atoms with Crippen LogP contribution in [0.4, 0.5) is 4.39 Å². The van der Waals surface area contributed by atoms with Crippen LogP contribution in [0.25, 0.3) is 15.2 Å². The number of aryl methyl sites for hydroxylation is 3. The zero-order chi connectivity index (χ0) is 29.4. The first-order valence-corrected chi connectivity index (χ1v) is 13.2. The number of aromatic nitrogens is 5. The van der Waals surface area contributed by atoms with Gasteiger partial charge in [-0.1, -0.05) is 11.3 Å². The number of ether oxygens (including phenoxy) is 1. The Bertz CT molecular complexity index is 1590. The summed E-state index contributed by atoms with van der Waals surface area (Å²) in [6, 6.07) is 4.18. The van der Waals surface area contributed by atoms with Crippen molar-refractivity contribution in [3.05, 3.63) is 68.4 Å². The van der Waals surface area contributed by atoms with Crippen LogP contribution in [-0.4, -0.2) is 73.6 Å². The number of fused-ring (bicyclic) bond motifs is 1. The molecule has 4 aromatic rings. The second kappa shape index (κ2) is 13.8. The predicted octanol–water partition coefficient (Wildman–Crippen LogP) is 1.55. The summed E-state index contributed by atoms with van der Waals surface area (Å²) in [5.41, 5.74) is 0.0224. The smallest absolute Gasteiger partial charge is 0.332 e. The van der Waals surface area contributed by atoms with Gasteiger partial charge in [-0.15, -0.1) is 4.80 Å². The topological polar surface area (TPSA) is 142 Å². The molecule has 0 radical (unpaired) electrons. The average Bonchev–Trinajstić information content (AvgIpc) is 3.59. The lowest BCUT2D eigenvalue weighted by molar-refractivity contribution is -0.130. The lowest BCUT2D eigenvalue weighted by Crippen LogP contribution is -2.44. The Kier molecular flexibility index (Phi) is 10.4. The lowest BCUT2D eigenvalue weighted by atomic mass is 10.1. The molecule has 0 fully saturated rings. The van der Waals surface area contributed by atoms with Crippen molar-refractivity contribution in [3.63, 3.8) is 0 Å². The van der Waals surface area contributed by atoms with Gasteiger partial charge in [0.2, 0.25) is 5.91 Å². The maximum absolute atomic E-state index is 13.9. The highest BCUT2D eigenvalue weighted by molar-refractivity contribution is 7.21. The number of aliphatic hydroxyl groups is 1. The third kappa shape index (κ3) is 6.51. The van der Waals surface area contributed by atoms with Crippen molar-refractivity contribution in [2.75, 3.05) is 27.3 Å². The molecule has 0 atom stereocenters. The fourth-order valence-electron chi connectivity index (χ4n) is 3.89. The van der Waals surface area contributed by atoms with Crippen molar-refractivity contribution < 1.29 is 23.8 Å². The number of rotatable bonds is 10. The van der Waals surface area contributed by atoms with E-state index in [1.54, 1.807) is 20.9 Å². The number of carbonyl (C=O) groups is 2. The number of nitrogens with zero attached hydrogens (tertiary/aromatic N) is 6. The van der Waals surface area contributed by atoms with E-state index < -0.39 is 17.1 Å². The molecule has 1 amide bonds. The van der Waals surface area contributed by atoms with Crippen LogP contribution in [0.2, 0.25) is 0 Å². The molecular weight excluding hydrogens is 543 g/mol. The van der Waals surface area contributed by atoms with E-state index in [4.69, 9.17) is 9.84 Å². The first kappa shape index (κ1) is 30.4. The second-order valence-corrected chi connectivity index (χ2v) is 9.63. The third-order valence-corrected chi connectivity index (χ3v) is 7.44. The summed E-state index contributed by atoms with van der Waals surface area (Å²) in [5, 5.41) is 17.1. The van der Waals surface area contributed by atoms with Crippen molar-refractivity contribution in [2.24, 2.45) is 0 Å². The van der Waals surface area contributed by atoms with Gasteiger partial charge in [0.05, 0.1) is 24.9 Å². The number of hydrogen-bond acceptors (Lipinski definition) is 9. The van der Waals surface area contributed by atoms with E-state index in [1.807, 2.05) is 0 Å². The molecule has 4 rings (SSSR count). The van der Waals surface area contributed by atoms with E-state index in [-0.39, 0.29) is 38.4 Å². The number of methoxy groups -OCH3 is 1. The molecule has 0 aliphatic carbocycles. The molecule has 0 saturated carbocycles. The number of thiophene rings is 1. The summed E-state index contributed by atoms with van der Waals surface area (Å²) in [7, 11) is 3.10. The van der Waals surface area contributed by atoms with Crippen LogP contribution in [0.3, 0.4) is 0 Å². The molecule has 0 aliphatic rings. The van der Waals surface area contributed by atoms with Crippen molar-refractivity contribution in [1.29, 1.82) is 0 Å². The van der Waals surface area contributed by atoms with Gasteiger partial charge in [0.15, 0.2) is 0 Å². The Balaban J connectivity index is 0.000000810. The van der Waals surface area contributed by atoms with Crippen molar-refractivity contribution in [3.8, 4) is 10.8 Å². The van der Waals surface area contributed by atoms with Crippen LogP contribution >= 0.6 is 11.3 Å². The van der Waals surface area contributed by atoms with E-state index in [1.165, 1.54) is 63.3 Å². The zero-order valence-corrected chi connectivity index (χ0v) is 23.5. The van der Waals surface area contributed by atoms with Crippen molar-refractivity contribution in [1.82, 2.24) is 29.0 Å². The predicted molar refractivity (Wildman–Crippen MR) is 148 cm³/mol. The van der Waals surface area contributed by atoms with Gasteiger partial charge in [-0.25, -0.2) is 9.18 Å². The van der Waals surface area contributed by atoms with Crippen LogP contribution in [0.1, 0.15) is 24.5 Å². The molecule has 214 valence electrons. The molecule has 0 unspecified atom stereocenters. The van der Waals surface area contributed by atoms with Crippen molar-refractivity contribution in [2.45, 2.75) is 39.8 Å². The van der Waals surface area contributed by atoms with Gasteiger partial charge in [-0.2, -0.15) is 10.2 Å². The molecule has 0 aliphatic heterocycles. The van der Waals surface area contributed by atoms with Crippen LogP contribution in [0, 0.1) is 12.7 Å². The normalized spacial score (nSPS) is 10.8. The molecular formula is C26H31FN6O6S. The van der Waals surface area contributed by atoms with Crippen molar-refractivity contribution >= 4 is 33.7 Å².